The van der Waals surface area contributed by atoms with Crippen LogP contribution in [-0.2, 0) is 6.18 Å². The Morgan fingerprint density at radius 3 is 2.42 bits per heavy atom. The van der Waals surface area contributed by atoms with Crippen LogP contribution in [-0.4, -0.2) is 29.9 Å². The molecule has 0 aliphatic carbocycles. The molecule has 0 aromatic heterocycles. The first-order chi connectivity index (χ1) is 8.77. The van der Waals surface area contributed by atoms with Crippen LogP contribution in [0.3, 0.4) is 0 Å². The van der Waals surface area contributed by atoms with Crippen LogP contribution in [0.5, 0.6) is 0 Å². The van der Waals surface area contributed by atoms with Crippen molar-refractivity contribution >= 4 is 5.69 Å². The van der Waals surface area contributed by atoms with Crippen molar-refractivity contribution < 1.29 is 23.4 Å². The number of nitrogens with two attached hydrogens (primary N) is 1. The minimum atomic E-state index is -4.48. The van der Waals surface area contributed by atoms with Gasteiger partial charge in [-0.05, 0) is 32.1 Å². The van der Waals surface area contributed by atoms with Crippen LogP contribution in [0.1, 0.15) is 23.7 Å². The number of aliphatic hydroxyl groups is 2. The molecule has 0 saturated heterocycles. The fourth-order valence-corrected chi connectivity index (χ4v) is 1.68. The van der Waals surface area contributed by atoms with Gasteiger partial charge in [-0.25, -0.2) is 0 Å². The van der Waals surface area contributed by atoms with Gasteiger partial charge < -0.3 is 21.3 Å². The van der Waals surface area contributed by atoms with Crippen molar-refractivity contribution in [1.82, 2.24) is 5.32 Å². The van der Waals surface area contributed by atoms with E-state index in [1.54, 1.807) is 7.05 Å². The average Bonchev–Trinajstić information content (AvgIpc) is 2.33. The number of benzene rings is 1. The standard InChI is InChI=1S/C12H17F3N2O2/c1-17-5-4-10(18)11(19)8-3-2-7(6-9(8)16)12(13,14)15/h2-3,6,10-11,17-19H,4-5,16H2,1H3. The lowest BCUT2D eigenvalue weighted by Gasteiger charge is -2.20. The first-order valence-corrected chi connectivity index (χ1v) is 5.74. The lowest BCUT2D eigenvalue weighted by atomic mass is 9.98. The number of hydrogen-bond acceptors (Lipinski definition) is 4. The number of halogens is 3. The Labute approximate surface area is 109 Å². The number of aliphatic hydroxyl groups excluding tert-OH is 2. The largest absolute Gasteiger partial charge is 0.416 e. The van der Waals surface area contributed by atoms with E-state index in [4.69, 9.17) is 5.73 Å². The van der Waals surface area contributed by atoms with E-state index in [0.29, 0.717) is 6.54 Å². The molecule has 1 rings (SSSR count). The molecule has 2 atom stereocenters. The highest BCUT2D eigenvalue weighted by Gasteiger charge is 2.31. The molecule has 0 saturated carbocycles. The molecule has 0 spiro atoms. The zero-order valence-electron chi connectivity index (χ0n) is 10.4. The third-order valence-electron chi connectivity index (χ3n) is 2.79. The quantitative estimate of drug-likeness (QED) is 0.612. The van der Waals surface area contributed by atoms with E-state index in [1.807, 2.05) is 0 Å². The van der Waals surface area contributed by atoms with E-state index in [0.717, 1.165) is 18.2 Å². The summed E-state index contributed by atoms with van der Waals surface area (Å²) in [6, 6.07) is 2.68. The Morgan fingerprint density at radius 1 is 1.32 bits per heavy atom. The van der Waals surface area contributed by atoms with Gasteiger partial charge in [0.1, 0.15) is 6.10 Å². The van der Waals surface area contributed by atoms with E-state index in [9.17, 15) is 23.4 Å². The zero-order chi connectivity index (χ0) is 14.6. The number of hydrogen-bond donors (Lipinski definition) is 4. The van der Waals surface area contributed by atoms with Gasteiger partial charge >= 0.3 is 6.18 Å². The summed E-state index contributed by atoms with van der Waals surface area (Å²) in [6.45, 7) is 0.471. The summed E-state index contributed by atoms with van der Waals surface area (Å²) in [5.41, 5.74) is 4.52. The molecule has 0 amide bonds. The van der Waals surface area contributed by atoms with Crippen molar-refractivity contribution in [3.05, 3.63) is 29.3 Å². The van der Waals surface area contributed by atoms with Gasteiger partial charge in [0, 0.05) is 11.3 Å². The van der Waals surface area contributed by atoms with E-state index < -0.39 is 23.9 Å². The highest BCUT2D eigenvalue weighted by molar-refractivity contribution is 5.51. The van der Waals surface area contributed by atoms with Crippen molar-refractivity contribution in [2.45, 2.75) is 24.8 Å². The lowest BCUT2D eigenvalue weighted by Crippen LogP contribution is -2.24. The second-order valence-electron chi connectivity index (χ2n) is 4.25. The summed E-state index contributed by atoms with van der Waals surface area (Å²) < 4.78 is 37.4. The SMILES string of the molecule is CNCCC(O)C(O)c1ccc(C(F)(F)F)cc1N. The molecule has 0 fully saturated rings. The van der Waals surface area contributed by atoms with Gasteiger partial charge in [0.2, 0.25) is 0 Å². The third-order valence-corrected chi connectivity index (χ3v) is 2.79. The van der Waals surface area contributed by atoms with E-state index in [2.05, 4.69) is 5.32 Å². The number of nitrogens with one attached hydrogen (secondary N) is 1. The first-order valence-electron chi connectivity index (χ1n) is 5.74. The summed E-state index contributed by atoms with van der Waals surface area (Å²) >= 11 is 0. The van der Waals surface area contributed by atoms with Crippen molar-refractivity contribution in [2.24, 2.45) is 0 Å². The van der Waals surface area contributed by atoms with Gasteiger partial charge in [0.15, 0.2) is 0 Å². The third kappa shape index (κ3) is 4.09. The predicted molar refractivity (Wildman–Crippen MR) is 65.4 cm³/mol. The molecule has 1 aromatic rings. The lowest BCUT2D eigenvalue weighted by molar-refractivity contribution is -0.137. The number of rotatable bonds is 5. The molecule has 108 valence electrons. The fourth-order valence-electron chi connectivity index (χ4n) is 1.68. The Bertz CT molecular complexity index is 424. The Balaban J connectivity index is 2.90. The molecule has 0 aliphatic heterocycles. The Hall–Kier alpha value is -1.31. The van der Waals surface area contributed by atoms with Crippen molar-refractivity contribution in [1.29, 1.82) is 0 Å². The number of alkyl halides is 3. The van der Waals surface area contributed by atoms with Crippen LogP contribution in [0.2, 0.25) is 0 Å². The van der Waals surface area contributed by atoms with Crippen LogP contribution in [0.25, 0.3) is 0 Å². The van der Waals surface area contributed by atoms with Gasteiger partial charge in [-0.15, -0.1) is 0 Å². The normalized spacial score (nSPS) is 15.3. The summed E-state index contributed by atoms with van der Waals surface area (Å²) in [4.78, 5) is 0. The predicted octanol–water partition coefficient (Wildman–Crippen LogP) is 1.29. The molecule has 0 aliphatic rings. The first kappa shape index (κ1) is 15.7. The van der Waals surface area contributed by atoms with Gasteiger partial charge in [-0.1, -0.05) is 6.07 Å². The summed E-state index contributed by atoms with van der Waals surface area (Å²) in [6.07, 6.45) is -6.62. The van der Waals surface area contributed by atoms with E-state index in [1.165, 1.54) is 0 Å². The molecular formula is C12H17F3N2O2. The monoisotopic (exact) mass is 278 g/mol. The van der Waals surface area contributed by atoms with Gasteiger partial charge in [0.05, 0.1) is 11.7 Å². The van der Waals surface area contributed by atoms with Crippen LogP contribution in [0.4, 0.5) is 18.9 Å². The van der Waals surface area contributed by atoms with E-state index >= 15 is 0 Å². The zero-order valence-corrected chi connectivity index (χ0v) is 10.4. The second-order valence-corrected chi connectivity index (χ2v) is 4.25. The van der Waals surface area contributed by atoms with Crippen LogP contribution in [0, 0.1) is 0 Å². The second kappa shape index (κ2) is 6.23. The minimum absolute atomic E-state index is 0.0941. The fraction of sp³-hybridized carbons (Fsp3) is 0.500. The summed E-state index contributed by atoms with van der Waals surface area (Å²) in [7, 11) is 1.69. The van der Waals surface area contributed by atoms with Crippen LogP contribution >= 0.6 is 0 Å². The molecule has 2 unspecified atom stereocenters. The average molecular weight is 278 g/mol. The molecule has 4 nitrogen and oxygen atoms in total. The Kier molecular flexibility index (Phi) is 5.16. The molecule has 0 radical (unpaired) electrons. The topological polar surface area (TPSA) is 78.5 Å². The molecule has 5 N–H and O–H groups in total. The summed E-state index contributed by atoms with van der Waals surface area (Å²) in [5, 5.41) is 22.3. The van der Waals surface area contributed by atoms with Gasteiger partial charge in [-0.3, -0.25) is 0 Å². The molecule has 1 aromatic carbocycles. The van der Waals surface area contributed by atoms with Crippen molar-refractivity contribution in [3.63, 3.8) is 0 Å². The Morgan fingerprint density at radius 2 is 1.95 bits per heavy atom. The molecule has 0 heterocycles. The molecule has 0 bridgehead atoms. The molecular weight excluding hydrogens is 261 g/mol. The maximum atomic E-state index is 12.5. The van der Waals surface area contributed by atoms with Crippen molar-refractivity contribution in [2.75, 3.05) is 19.3 Å². The van der Waals surface area contributed by atoms with Gasteiger partial charge in [-0.2, -0.15) is 13.2 Å². The van der Waals surface area contributed by atoms with Crippen LogP contribution in [0.15, 0.2) is 18.2 Å². The maximum absolute atomic E-state index is 12.5. The molecule has 19 heavy (non-hydrogen) atoms. The van der Waals surface area contributed by atoms with Gasteiger partial charge in [0.25, 0.3) is 0 Å². The maximum Gasteiger partial charge on any atom is 0.416 e. The minimum Gasteiger partial charge on any atom is -0.398 e. The highest BCUT2D eigenvalue weighted by atomic mass is 19.4. The van der Waals surface area contributed by atoms with Crippen LogP contribution < -0.4 is 11.1 Å². The van der Waals surface area contributed by atoms with Crippen molar-refractivity contribution in [3.8, 4) is 0 Å². The number of anilines is 1. The molecule has 7 heteroatoms. The summed E-state index contributed by atoms with van der Waals surface area (Å²) in [5.74, 6) is 0. The smallest absolute Gasteiger partial charge is 0.398 e. The highest BCUT2D eigenvalue weighted by Crippen LogP contribution is 2.33. The number of nitrogen functional groups attached to an aromatic ring is 1. The van der Waals surface area contributed by atoms with E-state index in [-0.39, 0.29) is 17.7 Å².